The highest BCUT2D eigenvalue weighted by Crippen LogP contribution is 2.18. The Labute approximate surface area is 103 Å². The van der Waals surface area contributed by atoms with E-state index in [-0.39, 0.29) is 9.76 Å². The monoisotopic (exact) mass is 264 g/mol. The molecule has 0 spiro atoms. The minimum absolute atomic E-state index is 0.266. The zero-order chi connectivity index (χ0) is 11.4. The Bertz CT molecular complexity index is 125. The summed E-state index contributed by atoms with van der Waals surface area (Å²) >= 11 is 0. The van der Waals surface area contributed by atoms with Crippen LogP contribution < -0.4 is 0 Å². The first-order valence-electron chi connectivity index (χ1n) is 6.41. The first-order chi connectivity index (χ1) is 7.35. The Hall–Kier alpha value is 0.571. The van der Waals surface area contributed by atoms with Gasteiger partial charge in [0.2, 0.25) is 0 Å². The Morgan fingerprint density at radius 1 is 1.13 bits per heavy atom. The van der Waals surface area contributed by atoms with Crippen molar-refractivity contribution in [1.29, 1.82) is 0 Å². The Balaban J connectivity index is 3.28. The van der Waals surface area contributed by atoms with Gasteiger partial charge in [-0.25, -0.2) is 0 Å². The maximum atomic E-state index is 5.70. The largest absolute Gasteiger partial charge is 0.449 e. The van der Waals surface area contributed by atoms with E-state index in [2.05, 4.69) is 13.8 Å². The third-order valence-electron chi connectivity index (χ3n) is 2.85. The Morgan fingerprint density at radius 3 is 2.47 bits per heavy atom. The molecule has 5 heteroatoms. The molecule has 0 radical (unpaired) electrons. The van der Waals surface area contributed by atoms with Crippen molar-refractivity contribution < 1.29 is 8.23 Å². The zero-order valence-corrected chi connectivity index (χ0v) is 15.6. The predicted molar refractivity (Wildman–Crippen MR) is 76.6 cm³/mol. The molecule has 0 saturated heterocycles. The molecule has 0 bridgehead atoms. The van der Waals surface area contributed by atoms with Crippen LogP contribution in [0.15, 0.2) is 0 Å². The molecule has 1 unspecified atom stereocenters. The van der Waals surface area contributed by atoms with Gasteiger partial charge in [0, 0.05) is 0 Å². The summed E-state index contributed by atoms with van der Waals surface area (Å²) in [7, 11) is 0.0537. The van der Waals surface area contributed by atoms with Gasteiger partial charge < -0.3 is 8.23 Å². The van der Waals surface area contributed by atoms with E-state index in [9.17, 15) is 0 Å². The van der Waals surface area contributed by atoms with Crippen LogP contribution >= 0.6 is 0 Å². The third kappa shape index (κ3) is 10.8. The number of rotatable bonds is 11. The highest BCUT2D eigenvalue weighted by atomic mass is 28.3. The van der Waals surface area contributed by atoms with Gasteiger partial charge in [-0.15, -0.1) is 0 Å². The normalized spacial score (nSPS) is 14.8. The molecule has 0 aliphatic carbocycles. The number of hydrogen-bond donors (Lipinski definition) is 0. The van der Waals surface area contributed by atoms with Crippen molar-refractivity contribution in [2.75, 3.05) is 0 Å². The molecular weight excluding hydrogens is 236 g/mol. The molecule has 0 heterocycles. The second-order valence-electron chi connectivity index (χ2n) is 4.25. The summed E-state index contributed by atoms with van der Waals surface area (Å²) in [5, 5.41) is 0. The fourth-order valence-electron chi connectivity index (χ4n) is 1.74. The fraction of sp³-hybridized carbons (Fsp3) is 1.00. The van der Waals surface area contributed by atoms with Gasteiger partial charge in [0.1, 0.15) is 10.5 Å². The maximum Gasteiger partial charge on any atom is 0.282 e. The number of hydrogen-bond acceptors (Lipinski definition) is 2. The lowest BCUT2D eigenvalue weighted by atomic mass is 10.1. The molecule has 0 aromatic heterocycles. The summed E-state index contributed by atoms with van der Waals surface area (Å²) in [4.78, 5) is 0. The summed E-state index contributed by atoms with van der Waals surface area (Å²) in [6.07, 6.45) is 9.74. The predicted octanol–water partition coefficient (Wildman–Crippen LogP) is 0.942. The Kier molecular flexibility index (Phi) is 13.1. The molecule has 0 saturated carbocycles. The molecule has 0 aliphatic heterocycles. The van der Waals surface area contributed by atoms with Gasteiger partial charge in [-0.05, 0) is 5.54 Å². The summed E-state index contributed by atoms with van der Waals surface area (Å²) < 4.78 is 10.9. The Morgan fingerprint density at radius 2 is 1.87 bits per heavy atom. The second-order valence-corrected chi connectivity index (χ2v) is 9.92. The van der Waals surface area contributed by atoms with Crippen molar-refractivity contribution in [2.24, 2.45) is 0 Å². The summed E-state index contributed by atoms with van der Waals surface area (Å²) in [5.41, 5.74) is 0.913. The summed E-state index contributed by atoms with van der Waals surface area (Å²) in [5.74, 6) is 0. The van der Waals surface area contributed by atoms with Crippen molar-refractivity contribution >= 4 is 30.3 Å². The smallest absolute Gasteiger partial charge is 0.282 e. The molecule has 0 fully saturated rings. The van der Waals surface area contributed by atoms with Crippen molar-refractivity contribution in [2.45, 2.75) is 64.3 Å². The van der Waals surface area contributed by atoms with E-state index in [0.29, 0.717) is 0 Å². The zero-order valence-electron chi connectivity index (χ0n) is 10.8. The molecule has 92 valence electrons. The van der Waals surface area contributed by atoms with Crippen LogP contribution in [0.5, 0.6) is 0 Å². The van der Waals surface area contributed by atoms with Crippen LogP contribution in [0.25, 0.3) is 0 Å². The van der Waals surface area contributed by atoms with E-state index in [0.717, 1.165) is 16.0 Å². The molecule has 0 aliphatic rings. The third-order valence-corrected chi connectivity index (χ3v) is 6.86. The van der Waals surface area contributed by atoms with Gasteiger partial charge in [-0.3, -0.25) is 0 Å². The first-order valence-corrected chi connectivity index (χ1v) is 9.78. The molecule has 1 atom stereocenters. The average Bonchev–Trinajstić information content (AvgIpc) is 2.26. The van der Waals surface area contributed by atoms with E-state index in [1.54, 1.807) is 0 Å². The standard InChI is InChI=1S/C10H28O2Si3/c1-3-5-6-7-8-9-10(4-2)14-12-15-11-13/h10H,3-9,14-15H2,1-2,13H3. The van der Waals surface area contributed by atoms with Gasteiger partial charge in [0.05, 0.1) is 0 Å². The van der Waals surface area contributed by atoms with Gasteiger partial charge >= 0.3 is 0 Å². The SMILES string of the molecule is CCCCCCCC(CC)[SiH2]O[SiH2]O[SiH3]. The molecule has 0 aromatic rings. The minimum atomic E-state index is -0.544. The molecule has 0 aromatic carbocycles. The number of unbranched alkanes of at least 4 members (excludes halogenated alkanes) is 4. The van der Waals surface area contributed by atoms with E-state index >= 15 is 0 Å². The van der Waals surface area contributed by atoms with E-state index in [4.69, 9.17) is 8.23 Å². The first kappa shape index (κ1) is 15.6. The van der Waals surface area contributed by atoms with Crippen molar-refractivity contribution in [3.05, 3.63) is 0 Å². The lowest BCUT2D eigenvalue weighted by Gasteiger charge is -2.14. The van der Waals surface area contributed by atoms with Gasteiger partial charge in [0.15, 0.2) is 9.76 Å². The van der Waals surface area contributed by atoms with E-state index in [1.807, 2.05) is 0 Å². The van der Waals surface area contributed by atoms with Gasteiger partial charge in [0.25, 0.3) is 10.0 Å². The quantitative estimate of drug-likeness (QED) is 0.408. The molecule has 0 amide bonds. The molecule has 2 nitrogen and oxygen atoms in total. The highest BCUT2D eigenvalue weighted by Gasteiger charge is 2.06. The molecule has 0 rings (SSSR count). The van der Waals surface area contributed by atoms with Crippen LogP contribution in [-0.4, -0.2) is 30.3 Å². The van der Waals surface area contributed by atoms with Crippen LogP contribution in [0.1, 0.15) is 58.8 Å². The van der Waals surface area contributed by atoms with E-state index < -0.39 is 10.0 Å². The van der Waals surface area contributed by atoms with Crippen LogP contribution in [0.2, 0.25) is 5.54 Å². The van der Waals surface area contributed by atoms with Crippen LogP contribution in [0.3, 0.4) is 0 Å². The summed E-state index contributed by atoms with van der Waals surface area (Å²) in [6, 6.07) is 0. The lowest BCUT2D eigenvalue weighted by Crippen LogP contribution is -2.12. The molecule has 0 N–H and O–H groups in total. The van der Waals surface area contributed by atoms with Crippen LogP contribution in [-0.2, 0) is 8.23 Å². The van der Waals surface area contributed by atoms with Gasteiger partial charge in [-0.2, -0.15) is 0 Å². The van der Waals surface area contributed by atoms with E-state index in [1.165, 1.54) is 44.9 Å². The lowest BCUT2D eigenvalue weighted by molar-refractivity contribution is 0.481. The van der Waals surface area contributed by atoms with Gasteiger partial charge in [-0.1, -0.05) is 58.8 Å². The van der Waals surface area contributed by atoms with Crippen molar-refractivity contribution in [3.8, 4) is 0 Å². The molecular formula is C10H28O2Si3. The minimum Gasteiger partial charge on any atom is -0.449 e. The topological polar surface area (TPSA) is 18.5 Å². The van der Waals surface area contributed by atoms with Crippen molar-refractivity contribution in [3.63, 3.8) is 0 Å². The summed E-state index contributed by atoms with van der Waals surface area (Å²) in [6.45, 7) is 4.57. The van der Waals surface area contributed by atoms with Crippen LogP contribution in [0, 0.1) is 0 Å². The van der Waals surface area contributed by atoms with Crippen molar-refractivity contribution in [1.82, 2.24) is 0 Å². The second kappa shape index (κ2) is 12.6. The average molecular weight is 265 g/mol. The highest BCUT2D eigenvalue weighted by molar-refractivity contribution is 6.42. The van der Waals surface area contributed by atoms with Crippen LogP contribution in [0.4, 0.5) is 0 Å². The maximum absolute atomic E-state index is 5.70. The fourth-order valence-corrected chi connectivity index (χ4v) is 6.32. The molecule has 15 heavy (non-hydrogen) atoms.